The first-order valence-corrected chi connectivity index (χ1v) is 13.9. The van der Waals surface area contributed by atoms with Crippen LogP contribution in [0.5, 0.6) is 0 Å². The highest BCUT2D eigenvalue weighted by Crippen LogP contribution is 2.22. The number of aldehydes is 1. The lowest BCUT2D eigenvalue weighted by Gasteiger charge is -2.16. The minimum Gasteiger partial charge on any atom is -0.461 e. The molecule has 234 valence electrons. The van der Waals surface area contributed by atoms with E-state index in [0.717, 1.165) is 60.8 Å². The van der Waals surface area contributed by atoms with Gasteiger partial charge in [-0.1, -0.05) is 20.3 Å². The molecular formula is C32H53N7O3. The first-order valence-electron chi connectivity index (χ1n) is 13.9. The number of nitrogens with one attached hydrogen (secondary N) is 1. The molecule has 1 amide bonds. The number of aryl methyl sites for hydroxylation is 1. The fraction of sp³-hybridized carbons (Fsp3) is 0.500. The Balaban J connectivity index is -0.000000221. The fourth-order valence-electron chi connectivity index (χ4n) is 3.56. The number of benzene rings is 1. The van der Waals surface area contributed by atoms with E-state index in [1.54, 1.807) is 4.90 Å². The van der Waals surface area contributed by atoms with Gasteiger partial charge in [0, 0.05) is 31.1 Å². The van der Waals surface area contributed by atoms with Crippen molar-refractivity contribution in [1.82, 2.24) is 9.80 Å². The molecular weight excluding hydrogens is 530 g/mol. The summed E-state index contributed by atoms with van der Waals surface area (Å²) in [6.45, 7) is 9.63. The highest BCUT2D eigenvalue weighted by Gasteiger charge is 2.14. The Bertz CT molecular complexity index is 1010. The minimum atomic E-state index is 0.134. The van der Waals surface area contributed by atoms with E-state index in [9.17, 15) is 9.59 Å². The van der Waals surface area contributed by atoms with Gasteiger partial charge >= 0.3 is 0 Å². The average Bonchev–Trinajstić information content (AvgIpc) is 3.62. The normalized spacial score (nSPS) is 13.1. The van der Waals surface area contributed by atoms with Crippen LogP contribution in [0, 0.1) is 44.1 Å². The second-order valence-corrected chi connectivity index (χ2v) is 8.07. The number of rotatable bonds is 3. The van der Waals surface area contributed by atoms with E-state index in [2.05, 4.69) is 65.5 Å². The summed E-state index contributed by atoms with van der Waals surface area (Å²) in [6.07, 6.45) is 25.8. The zero-order valence-corrected chi connectivity index (χ0v) is 26.5. The van der Waals surface area contributed by atoms with Crippen molar-refractivity contribution in [3.63, 3.8) is 0 Å². The summed E-state index contributed by atoms with van der Waals surface area (Å²) < 4.78 is 5.44. The molecule has 0 unspecified atom stereocenters. The van der Waals surface area contributed by atoms with Crippen LogP contribution in [0.2, 0.25) is 0 Å². The molecule has 2 saturated heterocycles. The Morgan fingerprint density at radius 3 is 2.05 bits per heavy atom. The lowest BCUT2D eigenvalue weighted by molar-refractivity contribution is -0.132. The fourth-order valence-corrected chi connectivity index (χ4v) is 3.56. The van der Waals surface area contributed by atoms with Crippen LogP contribution in [0.25, 0.3) is 11.0 Å². The first-order chi connectivity index (χ1) is 20.4. The molecule has 0 aliphatic carbocycles. The van der Waals surface area contributed by atoms with Crippen LogP contribution < -0.4 is 16.8 Å². The molecule has 2 fully saturated rings. The third-order valence-electron chi connectivity index (χ3n) is 5.36. The summed E-state index contributed by atoms with van der Waals surface area (Å²) >= 11 is 0. The molecule has 2 aliphatic heterocycles. The summed E-state index contributed by atoms with van der Waals surface area (Å²) in [5.74, 6) is 1.09. The van der Waals surface area contributed by atoms with Crippen molar-refractivity contribution in [1.29, 1.82) is 5.26 Å². The van der Waals surface area contributed by atoms with Crippen LogP contribution in [-0.2, 0) is 9.59 Å². The van der Waals surface area contributed by atoms with Crippen molar-refractivity contribution in [2.45, 2.75) is 59.3 Å². The van der Waals surface area contributed by atoms with Gasteiger partial charge in [-0.25, -0.2) is 0 Å². The van der Waals surface area contributed by atoms with Gasteiger partial charge in [0.1, 0.15) is 17.6 Å². The van der Waals surface area contributed by atoms with Crippen LogP contribution in [0.1, 0.15) is 58.1 Å². The number of amides is 1. The van der Waals surface area contributed by atoms with E-state index in [4.69, 9.17) is 9.68 Å². The number of nitriles is 1. The van der Waals surface area contributed by atoms with Crippen LogP contribution in [-0.4, -0.2) is 75.7 Å². The number of nitrogens with zero attached hydrogens (tertiary/aromatic N) is 4. The molecule has 10 heteroatoms. The van der Waals surface area contributed by atoms with Gasteiger partial charge in [0.25, 0.3) is 0 Å². The average molecular weight is 584 g/mol. The van der Waals surface area contributed by atoms with E-state index in [1.165, 1.54) is 39.2 Å². The number of furan rings is 1. The largest absolute Gasteiger partial charge is 0.461 e. The lowest BCUT2D eigenvalue weighted by atomic mass is 10.2. The molecule has 10 nitrogen and oxygen atoms in total. The van der Waals surface area contributed by atoms with Gasteiger partial charge in [-0.15, -0.1) is 25.7 Å². The predicted octanol–water partition coefficient (Wildman–Crippen LogP) is 4.64. The van der Waals surface area contributed by atoms with E-state index in [0.29, 0.717) is 6.42 Å². The van der Waals surface area contributed by atoms with Crippen LogP contribution in [0.15, 0.2) is 33.7 Å². The zero-order valence-electron chi connectivity index (χ0n) is 26.5. The predicted molar refractivity (Wildman–Crippen MR) is 178 cm³/mol. The molecule has 3 heterocycles. The highest BCUT2D eigenvalue weighted by molar-refractivity contribution is 5.81. The van der Waals surface area contributed by atoms with Crippen molar-refractivity contribution in [3.05, 3.63) is 30.0 Å². The number of likely N-dealkylation sites (tertiary alicyclic amines) is 2. The number of anilines is 1. The number of fused-ring (bicyclic) bond motifs is 1. The topological polar surface area (TPSA) is 154 Å². The molecule has 0 saturated carbocycles. The standard InChI is InChI=1S/C10H11NO.C8H13NO2.C5H11N.C2H3N3.C2H6.2C2H2.CH5N/c1-7-5-8-6-9(11-2)3-4-10(8)12-7;10-7-6-9-5-3-1-2-4-8(9)11;1-6-4-2-3-5-6;3-1-5-2-4;4*1-2/h3-6,11H,1-2H3;7H,1-6H2;2-5H2,1H3;1H,(H2,3,5);1-2H3;2*1-2H;2H2,1H3. The van der Waals surface area contributed by atoms with Gasteiger partial charge < -0.3 is 35.8 Å². The van der Waals surface area contributed by atoms with E-state index < -0.39 is 0 Å². The molecule has 0 atom stereocenters. The van der Waals surface area contributed by atoms with Gasteiger partial charge in [-0.3, -0.25) is 4.79 Å². The van der Waals surface area contributed by atoms with Crippen molar-refractivity contribution in [3.8, 4) is 31.9 Å². The van der Waals surface area contributed by atoms with E-state index in [1.807, 2.05) is 46.0 Å². The monoisotopic (exact) mass is 583 g/mol. The van der Waals surface area contributed by atoms with Gasteiger partial charge in [0.05, 0.1) is 12.9 Å². The number of aliphatic imine (C=N–C) groups is 1. The van der Waals surface area contributed by atoms with Gasteiger partial charge in [0.15, 0.2) is 0 Å². The Morgan fingerprint density at radius 2 is 1.62 bits per heavy atom. The number of nitrogens with two attached hydrogens (primary N) is 2. The Kier molecular flexibility index (Phi) is 37.0. The summed E-state index contributed by atoms with van der Waals surface area (Å²) in [7, 11) is 5.58. The van der Waals surface area contributed by atoms with E-state index in [-0.39, 0.29) is 12.5 Å². The molecule has 1 aromatic carbocycles. The van der Waals surface area contributed by atoms with Crippen molar-refractivity contribution in [2.24, 2.45) is 16.5 Å². The molecule has 0 bridgehead atoms. The SMILES string of the molecule is C#C.C#C.CC.CN.CN1CCCC1.CNc1ccc2oc(C)cc2c1.N#CN=CN.O=CCN1CCCCCC1=O. The smallest absolute Gasteiger partial charge is 0.222 e. The maximum absolute atomic E-state index is 11.2. The molecule has 2 aliphatic rings. The van der Waals surface area contributed by atoms with Crippen molar-refractivity contribution < 1.29 is 14.0 Å². The summed E-state index contributed by atoms with van der Waals surface area (Å²) in [4.78, 5) is 28.2. The summed E-state index contributed by atoms with van der Waals surface area (Å²) in [5, 5.41) is 11.8. The summed E-state index contributed by atoms with van der Waals surface area (Å²) in [6, 6.07) is 8.10. The molecule has 42 heavy (non-hydrogen) atoms. The summed E-state index contributed by atoms with van der Waals surface area (Å²) in [5.41, 5.74) is 11.2. The molecule has 4 rings (SSSR count). The van der Waals surface area contributed by atoms with E-state index >= 15 is 0 Å². The van der Waals surface area contributed by atoms with Crippen LogP contribution >= 0.6 is 0 Å². The Labute approximate surface area is 254 Å². The van der Waals surface area contributed by atoms with Gasteiger partial charge in [-0.05, 0) is 84.1 Å². The van der Waals surface area contributed by atoms with Crippen LogP contribution in [0.4, 0.5) is 5.69 Å². The zero-order chi connectivity index (χ0) is 33.2. The van der Waals surface area contributed by atoms with Crippen molar-refractivity contribution >= 4 is 35.2 Å². The number of hydrogen-bond donors (Lipinski definition) is 3. The first kappa shape index (κ1) is 44.7. The third kappa shape index (κ3) is 23.6. The highest BCUT2D eigenvalue weighted by atomic mass is 16.3. The van der Waals surface area contributed by atoms with Crippen LogP contribution in [0.3, 0.4) is 0 Å². The quantitative estimate of drug-likeness (QED) is 0.155. The van der Waals surface area contributed by atoms with Gasteiger partial charge in [0.2, 0.25) is 12.1 Å². The molecule has 1 aromatic heterocycles. The Morgan fingerprint density at radius 1 is 1.05 bits per heavy atom. The number of carbonyl (C=O) groups excluding carboxylic acids is 2. The van der Waals surface area contributed by atoms with Gasteiger partial charge in [-0.2, -0.15) is 10.3 Å². The Hall–Kier alpha value is -4.30. The maximum atomic E-state index is 11.2. The minimum absolute atomic E-state index is 0.134. The van der Waals surface area contributed by atoms with Crippen molar-refractivity contribution in [2.75, 3.05) is 52.6 Å². The number of terminal acetylenes is 2. The second-order valence-electron chi connectivity index (χ2n) is 8.07. The number of carbonyl (C=O) groups is 2. The third-order valence-corrected chi connectivity index (χ3v) is 5.36. The molecule has 0 radical (unpaired) electrons. The lowest BCUT2D eigenvalue weighted by Crippen LogP contribution is -2.31. The number of hydrogen-bond acceptors (Lipinski definition) is 8. The molecule has 0 spiro atoms. The molecule has 2 aromatic rings. The maximum Gasteiger partial charge on any atom is 0.222 e. The second kappa shape index (κ2) is 34.7. The molecule has 5 N–H and O–H groups in total.